The monoisotopic (exact) mass is 429 g/mol. The number of nitrogens with one attached hydrogen (secondary N) is 1. The number of sulfonamides is 1. The lowest BCUT2D eigenvalue weighted by atomic mass is 10.2. The number of anilines is 2. The van der Waals surface area contributed by atoms with E-state index in [1.807, 2.05) is 0 Å². The van der Waals surface area contributed by atoms with Crippen LogP contribution >= 0.6 is 0 Å². The van der Waals surface area contributed by atoms with Gasteiger partial charge in [0.15, 0.2) is 11.6 Å². The molecule has 0 atom stereocenters. The van der Waals surface area contributed by atoms with Gasteiger partial charge in [-0.25, -0.2) is 21.8 Å². The van der Waals surface area contributed by atoms with Crippen molar-refractivity contribution < 1.29 is 26.0 Å². The van der Waals surface area contributed by atoms with Crippen molar-refractivity contribution >= 4 is 31.6 Å². The van der Waals surface area contributed by atoms with Gasteiger partial charge in [0.25, 0.3) is 0 Å². The van der Waals surface area contributed by atoms with Gasteiger partial charge >= 0.3 is 10.2 Å². The van der Waals surface area contributed by atoms with E-state index in [0.717, 1.165) is 14.7 Å². The molecule has 0 saturated heterocycles. The second kappa shape index (κ2) is 7.57. The third-order valence-electron chi connectivity index (χ3n) is 4.23. The summed E-state index contributed by atoms with van der Waals surface area (Å²) in [6.45, 7) is 1.65. The van der Waals surface area contributed by atoms with E-state index in [1.165, 1.54) is 19.2 Å². The normalized spacial score (nSPS) is 15.5. The van der Waals surface area contributed by atoms with Crippen LogP contribution in [0.1, 0.15) is 6.92 Å². The Hall–Kier alpha value is -2.37. The molecule has 0 spiro atoms. The Kier molecular flexibility index (Phi) is 5.50. The van der Waals surface area contributed by atoms with Gasteiger partial charge in [0.05, 0.1) is 22.9 Å². The number of fused-ring (bicyclic) bond motifs is 1. The number of benzene rings is 2. The van der Waals surface area contributed by atoms with Gasteiger partial charge in [-0.05, 0) is 37.3 Å². The van der Waals surface area contributed by atoms with Crippen molar-refractivity contribution in [2.75, 3.05) is 35.4 Å². The lowest BCUT2D eigenvalue weighted by molar-refractivity contribution is 0.321. The summed E-state index contributed by atoms with van der Waals surface area (Å²) < 4.78 is 73.4. The average molecular weight is 429 g/mol. The predicted molar refractivity (Wildman–Crippen MR) is 104 cm³/mol. The van der Waals surface area contributed by atoms with Crippen LogP contribution in [0.3, 0.4) is 0 Å². The Balaban J connectivity index is 1.73. The number of hydrogen-bond donors (Lipinski definition) is 1. The average Bonchev–Trinajstić information content (AvgIpc) is 2.84. The molecule has 1 aliphatic heterocycles. The van der Waals surface area contributed by atoms with Crippen molar-refractivity contribution in [3.05, 3.63) is 48.3 Å². The molecule has 1 N–H and O–H groups in total. The van der Waals surface area contributed by atoms with E-state index in [9.17, 15) is 21.2 Å². The first-order chi connectivity index (χ1) is 13.2. The van der Waals surface area contributed by atoms with E-state index >= 15 is 0 Å². The van der Waals surface area contributed by atoms with Gasteiger partial charge in [-0.15, -0.1) is 0 Å². The topological polar surface area (TPSA) is 96.0 Å². The molecule has 2 aromatic carbocycles. The molecule has 8 nitrogen and oxygen atoms in total. The predicted octanol–water partition coefficient (Wildman–Crippen LogP) is 1.70. The number of para-hydroxylation sites is 2. The highest BCUT2D eigenvalue weighted by molar-refractivity contribution is 7.94. The summed E-state index contributed by atoms with van der Waals surface area (Å²) in [5.41, 5.74) is 0.982. The molecular weight excluding hydrogens is 409 g/mol. The van der Waals surface area contributed by atoms with Crippen LogP contribution in [0.25, 0.3) is 0 Å². The van der Waals surface area contributed by atoms with Crippen LogP contribution < -0.4 is 18.1 Å². The van der Waals surface area contributed by atoms with Crippen molar-refractivity contribution in [2.24, 2.45) is 0 Å². The highest BCUT2D eigenvalue weighted by Crippen LogP contribution is 2.39. The van der Waals surface area contributed by atoms with Gasteiger partial charge in [0.1, 0.15) is 0 Å². The fourth-order valence-corrected chi connectivity index (χ4v) is 5.32. The third kappa shape index (κ3) is 3.64. The maximum atomic E-state index is 13.9. The first kappa shape index (κ1) is 20.4. The first-order valence-corrected chi connectivity index (χ1v) is 11.3. The lowest BCUT2D eigenvalue weighted by Gasteiger charge is -2.19. The summed E-state index contributed by atoms with van der Waals surface area (Å²) in [5.74, 6) is -0.827. The van der Waals surface area contributed by atoms with E-state index < -0.39 is 26.0 Å². The maximum absolute atomic E-state index is 13.9. The highest BCUT2D eigenvalue weighted by Gasteiger charge is 2.37. The molecular formula is C17H20FN3O5S2. The SMILES string of the molecule is CCOc1ccc(S(=O)(=O)NCCN2c3ccccc3N(C)S2(=O)=O)cc1F. The molecule has 0 aromatic heterocycles. The quantitative estimate of drug-likeness (QED) is 0.723. The second-order valence-corrected chi connectivity index (χ2v) is 9.61. The largest absolute Gasteiger partial charge is 0.491 e. The third-order valence-corrected chi connectivity index (χ3v) is 7.52. The van der Waals surface area contributed by atoms with Crippen molar-refractivity contribution in [3.8, 4) is 5.75 Å². The number of nitrogens with zero attached hydrogens (tertiary/aromatic N) is 2. The van der Waals surface area contributed by atoms with Gasteiger partial charge in [-0.1, -0.05) is 12.1 Å². The molecule has 11 heteroatoms. The summed E-state index contributed by atoms with van der Waals surface area (Å²) >= 11 is 0. The summed E-state index contributed by atoms with van der Waals surface area (Å²) in [7, 11) is -6.35. The molecule has 0 amide bonds. The number of ether oxygens (including phenoxy) is 1. The van der Waals surface area contributed by atoms with Crippen molar-refractivity contribution in [2.45, 2.75) is 11.8 Å². The summed E-state index contributed by atoms with van der Waals surface area (Å²) in [6.07, 6.45) is 0. The Morgan fingerprint density at radius 3 is 2.46 bits per heavy atom. The zero-order chi connectivity index (χ0) is 20.5. The van der Waals surface area contributed by atoms with Crippen LogP contribution in [0.5, 0.6) is 5.75 Å². The molecule has 0 aliphatic carbocycles. The van der Waals surface area contributed by atoms with Gasteiger partial charge in [-0.3, -0.25) is 4.31 Å². The Labute approximate surface area is 163 Å². The van der Waals surface area contributed by atoms with E-state index in [-0.39, 0.29) is 30.3 Å². The zero-order valence-electron chi connectivity index (χ0n) is 15.3. The molecule has 0 radical (unpaired) electrons. The molecule has 0 unspecified atom stereocenters. The van der Waals surface area contributed by atoms with E-state index in [4.69, 9.17) is 4.74 Å². The smallest absolute Gasteiger partial charge is 0.326 e. The Morgan fingerprint density at radius 2 is 1.82 bits per heavy atom. The van der Waals surface area contributed by atoms with Gasteiger partial charge in [0.2, 0.25) is 10.0 Å². The zero-order valence-corrected chi connectivity index (χ0v) is 16.9. The summed E-state index contributed by atoms with van der Waals surface area (Å²) in [6, 6.07) is 10.1. The van der Waals surface area contributed by atoms with Crippen LogP contribution in [-0.2, 0) is 20.2 Å². The van der Waals surface area contributed by atoms with Crippen molar-refractivity contribution in [1.82, 2.24) is 4.72 Å². The Morgan fingerprint density at radius 1 is 1.14 bits per heavy atom. The Bertz CT molecular complexity index is 1090. The molecule has 28 heavy (non-hydrogen) atoms. The van der Waals surface area contributed by atoms with Gasteiger partial charge < -0.3 is 4.74 Å². The molecule has 3 rings (SSSR count). The number of halogens is 1. The van der Waals surface area contributed by atoms with E-state index in [1.54, 1.807) is 31.2 Å². The highest BCUT2D eigenvalue weighted by atomic mass is 32.2. The van der Waals surface area contributed by atoms with Crippen LogP contribution in [0, 0.1) is 5.82 Å². The molecule has 1 heterocycles. The van der Waals surface area contributed by atoms with Crippen molar-refractivity contribution in [1.29, 1.82) is 0 Å². The minimum atomic E-state index is -4.02. The molecule has 1 aliphatic rings. The molecule has 0 fully saturated rings. The maximum Gasteiger partial charge on any atom is 0.326 e. The first-order valence-electron chi connectivity index (χ1n) is 8.46. The standard InChI is InChI=1S/C17H20FN3O5S2/c1-3-26-17-9-8-13(12-14(17)18)27(22,23)19-10-11-21-16-7-5-4-6-15(16)20(2)28(21,24)25/h4-9,12,19H,3,10-11H2,1-2H3. The lowest BCUT2D eigenvalue weighted by Crippen LogP contribution is -2.40. The number of hydrogen-bond acceptors (Lipinski definition) is 5. The van der Waals surface area contributed by atoms with E-state index in [2.05, 4.69) is 4.72 Å². The van der Waals surface area contributed by atoms with Gasteiger partial charge in [-0.2, -0.15) is 8.42 Å². The fourth-order valence-electron chi connectivity index (χ4n) is 2.86. The molecule has 0 saturated carbocycles. The van der Waals surface area contributed by atoms with Gasteiger partial charge in [0, 0.05) is 20.1 Å². The van der Waals surface area contributed by atoms with E-state index in [0.29, 0.717) is 11.4 Å². The molecule has 2 aromatic rings. The minimum Gasteiger partial charge on any atom is -0.491 e. The number of rotatable bonds is 7. The van der Waals surface area contributed by atoms with Crippen molar-refractivity contribution in [3.63, 3.8) is 0 Å². The molecule has 0 bridgehead atoms. The van der Waals surface area contributed by atoms with Crippen LogP contribution in [0.2, 0.25) is 0 Å². The van der Waals surface area contributed by atoms with Crippen LogP contribution in [0.4, 0.5) is 15.8 Å². The fraction of sp³-hybridized carbons (Fsp3) is 0.294. The summed E-state index contributed by atoms with van der Waals surface area (Å²) in [5, 5.41) is 0. The van der Waals surface area contributed by atoms with Crippen LogP contribution in [0.15, 0.2) is 47.4 Å². The molecule has 152 valence electrons. The minimum absolute atomic E-state index is 0.0377. The second-order valence-electron chi connectivity index (χ2n) is 5.96. The summed E-state index contributed by atoms with van der Waals surface area (Å²) in [4.78, 5) is -0.268. The van der Waals surface area contributed by atoms with Crippen LogP contribution in [-0.4, -0.2) is 43.6 Å².